The van der Waals surface area contributed by atoms with Crippen LogP contribution in [0.1, 0.15) is 47.9 Å². The summed E-state index contributed by atoms with van der Waals surface area (Å²) in [6, 6.07) is 29.5. The summed E-state index contributed by atoms with van der Waals surface area (Å²) >= 11 is 6.17. The Balaban J connectivity index is 1.55. The van der Waals surface area contributed by atoms with E-state index in [9.17, 15) is 18.0 Å². The molecule has 240 valence electrons. The highest BCUT2D eigenvalue weighted by Gasteiger charge is 2.35. The Labute approximate surface area is 277 Å². The molecular formula is C37H40ClN3O4S. The average molecular weight is 658 g/mol. The first-order valence-electron chi connectivity index (χ1n) is 15.6. The number of hydrogen-bond donors (Lipinski definition) is 1. The van der Waals surface area contributed by atoms with Crippen LogP contribution in [0, 0.1) is 13.8 Å². The number of nitrogens with zero attached hydrogens (tertiary/aromatic N) is 2. The molecule has 4 aromatic rings. The molecule has 5 rings (SSSR count). The van der Waals surface area contributed by atoms with Gasteiger partial charge in [-0.3, -0.25) is 13.9 Å². The summed E-state index contributed by atoms with van der Waals surface area (Å²) in [5.41, 5.74) is 3.90. The first kappa shape index (κ1) is 33.2. The molecule has 2 amide bonds. The Morgan fingerprint density at radius 3 is 2.00 bits per heavy atom. The van der Waals surface area contributed by atoms with E-state index in [1.54, 1.807) is 48.5 Å². The Hall–Kier alpha value is -4.14. The number of anilines is 1. The maximum atomic E-state index is 14.6. The van der Waals surface area contributed by atoms with Crippen LogP contribution in [0.2, 0.25) is 5.02 Å². The molecule has 1 N–H and O–H groups in total. The molecule has 46 heavy (non-hydrogen) atoms. The number of rotatable bonds is 12. The molecule has 9 heteroatoms. The second-order valence-corrected chi connectivity index (χ2v) is 14.3. The number of hydrogen-bond acceptors (Lipinski definition) is 4. The Bertz CT molecular complexity index is 1720. The van der Waals surface area contributed by atoms with Gasteiger partial charge in [-0.15, -0.1) is 0 Å². The van der Waals surface area contributed by atoms with Gasteiger partial charge < -0.3 is 10.2 Å². The van der Waals surface area contributed by atoms with Crippen LogP contribution in [-0.2, 0) is 32.6 Å². The van der Waals surface area contributed by atoms with E-state index in [2.05, 4.69) is 5.32 Å². The van der Waals surface area contributed by atoms with Gasteiger partial charge in [-0.1, -0.05) is 102 Å². The highest BCUT2D eigenvalue weighted by molar-refractivity contribution is 7.92. The van der Waals surface area contributed by atoms with Gasteiger partial charge in [0.2, 0.25) is 11.8 Å². The van der Waals surface area contributed by atoms with Gasteiger partial charge in [-0.2, -0.15) is 0 Å². The van der Waals surface area contributed by atoms with Crippen molar-refractivity contribution in [3.8, 4) is 0 Å². The number of benzene rings is 4. The second kappa shape index (κ2) is 15.0. The van der Waals surface area contributed by atoms with Crippen molar-refractivity contribution in [2.24, 2.45) is 0 Å². The van der Waals surface area contributed by atoms with E-state index in [0.29, 0.717) is 10.7 Å². The van der Waals surface area contributed by atoms with Crippen molar-refractivity contribution in [2.45, 2.75) is 69.5 Å². The molecule has 1 aliphatic carbocycles. The largest absolute Gasteiger partial charge is 0.352 e. The lowest BCUT2D eigenvalue weighted by Gasteiger charge is -2.34. The minimum absolute atomic E-state index is 0.0456. The number of carbonyl (C=O) groups is 2. The standard InChI is InChI=1S/C37H40ClN3O4S/c1-27-12-20-33(21-13-27)41(46(44,45)34-22-14-28(2)15-23-34)26-36(42)40(25-30-16-18-31(38)19-17-30)35(24-29-8-4-3-5-9-29)37(43)39-32-10-6-7-11-32/h3-5,8-9,12-23,32,35H,6-7,10-11,24-26H2,1-2H3,(H,39,43)/t35-/m1/s1. The van der Waals surface area contributed by atoms with Crippen molar-refractivity contribution in [1.29, 1.82) is 0 Å². The number of sulfonamides is 1. The molecule has 0 aromatic heterocycles. The second-order valence-electron chi connectivity index (χ2n) is 12.0. The van der Waals surface area contributed by atoms with Crippen LogP contribution in [0.15, 0.2) is 108 Å². The van der Waals surface area contributed by atoms with E-state index >= 15 is 0 Å². The van der Waals surface area contributed by atoms with Crippen molar-refractivity contribution < 1.29 is 18.0 Å². The first-order valence-corrected chi connectivity index (χ1v) is 17.5. The third-order valence-corrected chi connectivity index (χ3v) is 10.5. The number of aryl methyl sites for hydroxylation is 2. The number of carbonyl (C=O) groups excluding carboxylic acids is 2. The van der Waals surface area contributed by atoms with Crippen molar-refractivity contribution in [3.63, 3.8) is 0 Å². The van der Waals surface area contributed by atoms with Crippen LogP contribution in [-0.4, -0.2) is 43.8 Å². The van der Waals surface area contributed by atoms with Crippen LogP contribution < -0.4 is 9.62 Å². The molecule has 1 saturated carbocycles. The zero-order valence-corrected chi connectivity index (χ0v) is 27.8. The molecule has 7 nitrogen and oxygen atoms in total. The van der Waals surface area contributed by atoms with Crippen LogP contribution >= 0.6 is 11.6 Å². The zero-order chi connectivity index (χ0) is 32.7. The molecule has 0 saturated heterocycles. The lowest BCUT2D eigenvalue weighted by molar-refractivity contribution is -0.140. The normalized spacial score (nSPS) is 14.1. The summed E-state index contributed by atoms with van der Waals surface area (Å²) in [6.45, 7) is 3.40. The molecule has 1 aliphatic rings. The van der Waals surface area contributed by atoms with Crippen molar-refractivity contribution >= 4 is 39.1 Å². The van der Waals surface area contributed by atoms with E-state index in [1.165, 1.54) is 4.90 Å². The fraction of sp³-hybridized carbons (Fsp3) is 0.297. The lowest BCUT2D eigenvalue weighted by Crippen LogP contribution is -2.54. The van der Waals surface area contributed by atoms with E-state index in [4.69, 9.17) is 11.6 Å². The topological polar surface area (TPSA) is 86.8 Å². The molecule has 0 aliphatic heterocycles. The summed E-state index contributed by atoms with van der Waals surface area (Å²) in [6.07, 6.45) is 4.15. The molecule has 1 atom stereocenters. The molecule has 0 radical (unpaired) electrons. The Kier molecular flexibility index (Phi) is 10.8. The molecule has 0 unspecified atom stereocenters. The van der Waals surface area contributed by atoms with E-state index in [0.717, 1.165) is 52.2 Å². The summed E-state index contributed by atoms with van der Waals surface area (Å²) in [4.78, 5) is 30.3. The average Bonchev–Trinajstić information content (AvgIpc) is 3.56. The van der Waals surface area contributed by atoms with Crippen LogP contribution in [0.4, 0.5) is 5.69 Å². The summed E-state index contributed by atoms with van der Waals surface area (Å²) in [5, 5.41) is 3.75. The first-order chi connectivity index (χ1) is 22.1. The lowest BCUT2D eigenvalue weighted by atomic mass is 10.0. The molecule has 0 heterocycles. The minimum Gasteiger partial charge on any atom is -0.352 e. The van der Waals surface area contributed by atoms with Crippen molar-refractivity contribution in [1.82, 2.24) is 10.2 Å². The number of amides is 2. The Morgan fingerprint density at radius 1 is 0.804 bits per heavy atom. The van der Waals surface area contributed by atoms with Gasteiger partial charge in [0.05, 0.1) is 10.6 Å². The van der Waals surface area contributed by atoms with Gasteiger partial charge in [-0.05, 0) is 74.2 Å². The SMILES string of the molecule is Cc1ccc(N(CC(=O)N(Cc2ccc(Cl)cc2)[C@H](Cc2ccccc2)C(=O)NC2CCCC2)S(=O)(=O)c2ccc(C)cc2)cc1. The molecule has 4 aromatic carbocycles. The minimum atomic E-state index is -4.15. The van der Waals surface area contributed by atoms with Crippen LogP contribution in [0.5, 0.6) is 0 Å². The number of nitrogens with one attached hydrogen (secondary N) is 1. The molecule has 1 fully saturated rings. The van der Waals surface area contributed by atoms with Gasteiger partial charge >= 0.3 is 0 Å². The van der Waals surface area contributed by atoms with Crippen LogP contribution in [0.25, 0.3) is 0 Å². The van der Waals surface area contributed by atoms with Gasteiger partial charge in [0, 0.05) is 24.0 Å². The van der Waals surface area contributed by atoms with Gasteiger partial charge in [0.15, 0.2) is 0 Å². The maximum absolute atomic E-state index is 14.6. The summed E-state index contributed by atoms with van der Waals surface area (Å²) in [5.74, 6) is -0.741. The van der Waals surface area contributed by atoms with Crippen LogP contribution in [0.3, 0.4) is 0 Å². The predicted octanol–water partition coefficient (Wildman–Crippen LogP) is 6.85. The van der Waals surface area contributed by atoms with E-state index < -0.39 is 28.5 Å². The predicted molar refractivity (Wildman–Crippen MR) is 183 cm³/mol. The highest BCUT2D eigenvalue weighted by atomic mass is 35.5. The van der Waals surface area contributed by atoms with E-state index in [-0.39, 0.29) is 29.8 Å². The van der Waals surface area contributed by atoms with Gasteiger partial charge in [-0.25, -0.2) is 8.42 Å². The monoisotopic (exact) mass is 657 g/mol. The van der Waals surface area contributed by atoms with Crippen molar-refractivity contribution in [2.75, 3.05) is 10.8 Å². The zero-order valence-electron chi connectivity index (χ0n) is 26.2. The summed E-state index contributed by atoms with van der Waals surface area (Å²) in [7, 11) is -4.15. The quantitative estimate of drug-likeness (QED) is 0.181. The molecule has 0 spiro atoms. The smallest absolute Gasteiger partial charge is 0.264 e. The number of halogens is 1. The fourth-order valence-electron chi connectivity index (χ4n) is 5.79. The highest BCUT2D eigenvalue weighted by Crippen LogP contribution is 2.26. The maximum Gasteiger partial charge on any atom is 0.264 e. The summed E-state index contributed by atoms with van der Waals surface area (Å²) < 4.78 is 29.5. The van der Waals surface area contributed by atoms with Gasteiger partial charge in [0.1, 0.15) is 12.6 Å². The fourth-order valence-corrected chi connectivity index (χ4v) is 7.33. The van der Waals surface area contributed by atoms with Crippen molar-refractivity contribution in [3.05, 3.63) is 130 Å². The van der Waals surface area contributed by atoms with E-state index in [1.807, 2.05) is 68.4 Å². The molecule has 0 bridgehead atoms. The Morgan fingerprint density at radius 2 is 1.39 bits per heavy atom. The molecular weight excluding hydrogens is 618 g/mol. The van der Waals surface area contributed by atoms with Gasteiger partial charge in [0.25, 0.3) is 10.0 Å². The third kappa shape index (κ3) is 8.36. The third-order valence-electron chi connectivity index (χ3n) is 8.45.